The molecule has 4 fully saturated rings. The molecule has 4 aliphatic carbocycles. The Balaban J connectivity index is 1.12. The fraction of sp³-hybridized carbons (Fsp3) is 0.750. The number of hydrogen-bond donors (Lipinski definition) is 0. The summed E-state index contributed by atoms with van der Waals surface area (Å²) in [5.74, 6) is 4.62. The minimum Gasteiger partial charge on any atom is -0.462 e. The first-order valence-electron chi connectivity index (χ1n) is 16.2. The predicted molar refractivity (Wildman–Crippen MR) is 157 cm³/mol. The highest BCUT2D eigenvalue weighted by atomic mass is 16.5. The van der Waals surface area contributed by atoms with Crippen molar-refractivity contribution < 1.29 is 14.3 Å². The average molecular weight is 533 g/mol. The van der Waals surface area contributed by atoms with Gasteiger partial charge in [-0.1, -0.05) is 76.6 Å². The monoisotopic (exact) mass is 532 g/mol. The number of fused-ring (bicyclic) bond motifs is 5. The molecule has 10 unspecified atom stereocenters. The molecule has 0 radical (unpaired) electrons. The molecule has 214 valence electrons. The van der Waals surface area contributed by atoms with Gasteiger partial charge in [-0.25, -0.2) is 0 Å². The highest BCUT2D eigenvalue weighted by Gasteiger charge is 2.59. The smallest absolute Gasteiger partial charge is 0.306 e. The number of rotatable bonds is 6. The summed E-state index contributed by atoms with van der Waals surface area (Å²) in [5.41, 5.74) is 3.66. The number of allylic oxidation sites excluding steroid dienone is 1. The highest BCUT2D eigenvalue weighted by molar-refractivity contribution is 5.70. The SMILES string of the molecule is CC(C)C1CC(=O)OC(C(C)C2=CCC3C4CCC5CC(OCc6ccccc6)CCC5(C)C4CCC23C)C1. The van der Waals surface area contributed by atoms with E-state index < -0.39 is 0 Å². The number of cyclic esters (lactones) is 1. The third kappa shape index (κ3) is 4.93. The zero-order valence-electron chi connectivity index (χ0n) is 25.2. The first kappa shape index (κ1) is 27.6. The van der Waals surface area contributed by atoms with Crippen molar-refractivity contribution in [3.63, 3.8) is 0 Å². The number of carbonyl (C=O) groups excluding carboxylic acids is 1. The molecule has 1 aliphatic heterocycles. The maximum Gasteiger partial charge on any atom is 0.306 e. The third-order valence-corrected chi connectivity index (χ3v) is 12.8. The van der Waals surface area contributed by atoms with E-state index in [1.54, 1.807) is 5.57 Å². The highest BCUT2D eigenvalue weighted by Crippen LogP contribution is 2.67. The predicted octanol–water partition coefficient (Wildman–Crippen LogP) is 8.76. The van der Waals surface area contributed by atoms with Gasteiger partial charge in [0, 0.05) is 12.3 Å². The summed E-state index contributed by atoms with van der Waals surface area (Å²) in [6, 6.07) is 10.7. The van der Waals surface area contributed by atoms with Crippen molar-refractivity contribution in [2.45, 2.75) is 118 Å². The summed E-state index contributed by atoms with van der Waals surface area (Å²) >= 11 is 0. The number of esters is 1. The van der Waals surface area contributed by atoms with Crippen LogP contribution in [0, 0.1) is 52.3 Å². The van der Waals surface area contributed by atoms with E-state index in [-0.39, 0.29) is 17.5 Å². The van der Waals surface area contributed by atoms with E-state index in [0.29, 0.717) is 35.7 Å². The fourth-order valence-electron chi connectivity index (χ4n) is 10.3. The zero-order chi connectivity index (χ0) is 27.4. The molecule has 39 heavy (non-hydrogen) atoms. The van der Waals surface area contributed by atoms with E-state index in [1.807, 2.05) is 0 Å². The van der Waals surface area contributed by atoms with Crippen molar-refractivity contribution >= 4 is 5.97 Å². The summed E-state index contributed by atoms with van der Waals surface area (Å²) in [7, 11) is 0. The quantitative estimate of drug-likeness (QED) is 0.271. The van der Waals surface area contributed by atoms with Crippen LogP contribution in [0.4, 0.5) is 0 Å². The Morgan fingerprint density at radius 1 is 0.974 bits per heavy atom. The van der Waals surface area contributed by atoms with E-state index >= 15 is 0 Å². The molecule has 0 aromatic heterocycles. The van der Waals surface area contributed by atoms with Crippen LogP contribution in [0.15, 0.2) is 42.0 Å². The van der Waals surface area contributed by atoms with Gasteiger partial charge in [0.2, 0.25) is 0 Å². The van der Waals surface area contributed by atoms with E-state index in [4.69, 9.17) is 9.47 Å². The normalized spacial score (nSPS) is 42.7. The van der Waals surface area contributed by atoms with Gasteiger partial charge in [-0.05, 0) is 110 Å². The first-order valence-corrected chi connectivity index (χ1v) is 16.2. The Hall–Kier alpha value is -1.61. The topological polar surface area (TPSA) is 35.5 Å². The van der Waals surface area contributed by atoms with Crippen LogP contribution >= 0.6 is 0 Å². The molecule has 0 N–H and O–H groups in total. The van der Waals surface area contributed by atoms with Crippen LogP contribution in [-0.2, 0) is 20.9 Å². The van der Waals surface area contributed by atoms with Gasteiger partial charge >= 0.3 is 5.97 Å². The lowest BCUT2D eigenvalue weighted by Gasteiger charge is -2.61. The lowest BCUT2D eigenvalue weighted by atomic mass is 9.44. The molecule has 1 heterocycles. The molecule has 1 saturated heterocycles. The first-order chi connectivity index (χ1) is 18.7. The van der Waals surface area contributed by atoms with Crippen LogP contribution in [0.5, 0.6) is 0 Å². The van der Waals surface area contributed by atoms with Crippen molar-refractivity contribution in [3.05, 3.63) is 47.5 Å². The van der Waals surface area contributed by atoms with Crippen molar-refractivity contribution in [1.82, 2.24) is 0 Å². The number of ether oxygens (including phenoxy) is 2. The van der Waals surface area contributed by atoms with Crippen LogP contribution in [0.1, 0.15) is 104 Å². The molecule has 5 aliphatic rings. The van der Waals surface area contributed by atoms with Gasteiger partial charge in [0.05, 0.1) is 12.7 Å². The van der Waals surface area contributed by atoms with Crippen LogP contribution in [0.25, 0.3) is 0 Å². The molecule has 3 heteroatoms. The molecule has 6 rings (SSSR count). The molecule has 3 saturated carbocycles. The van der Waals surface area contributed by atoms with Gasteiger partial charge in [-0.3, -0.25) is 4.79 Å². The largest absolute Gasteiger partial charge is 0.462 e. The van der Waals surface area contributed by atoms with Gasteiger partial charge in [0.25, 0.3) is 0 Å². The second-order valence-corrected chi connectivity index (χ2v) is 15.0. The minimum absolute atomic E-state index is 0.0235. The second kappa shape index (κ2) is 10.7. The number of benzene rings is 1. The van der Waals surface area contributed by atoms with Gasteiger partial charge in [-0.15, -0.1) is 0 Å². The zero-order valence-corrected chi connectivity index (χ0v) is 25.2. The Morgan fingerprint density at radius 2 is 1.77 bits per heavy atom. The lowest BCUT2D eigenvalue weighted by molar-refractivity contribution is -0.161. The summed E-state index contributed by atoms with van der Waals surface area (Å²) in [4.78, 5) is 12.5. The van der Waals surface area contributed by atoms with Gasteiger partial charge in [0.1, 0.15) is 6.10 Å². The van der Waals surface area contributed by atoms with E-state index in [1.165, 1.54) is 56.9 Å². The molecule has 0 spiro atoms. The van der Waals surface area contributed by atoms with E-state index in [0.717, 1.165) is 36.7 Å². The maximum atomic E-state index is 12.5. The third-order valence-electron chi connectivity index (χ3n) is 12.8. The lowest BCUT2D eigenvalue weighted by Crippen LogP contribution is -2.54. The Bertz CT molecular complexity index is 1060. The minimum atomic E-state index is 0.0235. The van der Waals surface area contributed by atoms with Crippen LogP contribution in [0.2, 0.25) is 0 Å². The number of carbonyl (C=O) groups is 1. The molecule has 3 nitrogen and oxygen atoms in total. The van der Waals surface area contributed by atoms with Crippen molar-refractivity contribution in [2.24, 2.45) is 52.3 Å². The molecule has 0 amide bonds. The van der Waals surface area contributed by atoms with Crippen LogP contribution < -0.4 is 0 Å². The molecule has 1 aromatic carbocycles. The Morgan fingerprint density at radius 3 is 2.54 bits per heavy atom. The summed E-state index contributed by atoms with van der Waals surface area (Å²) in [5, 5.41) is 0. The summed E-state index contributed by atoms with van der Waals surface area (Å²) in [6.45, 7) is 12.9. The van der Waals surface area contributed by atoms with E-state index in [2.05, 4.69) is 71.0 Å². The summed E-state index contributed by atoms with van der Waals surface area (Å²) in [6.07, 6.45) is 15.2. The van der Waals surface area contributed by atoms with Gasteiger partial charge < -0.3 is 9.47 Å². The standard InChI is InChI=1S/C36H52O3/c1-23(2)26-19-33(39-34(37)20-26)24(3)30-13-14-31-29-12-11-27-21-28(38-22-25-9-7-6-8-10-25)15-17-35(27,4)32(29)16-18-36(30,31)5/h6-10,13,23-24,26-29,31-33H,11-12,14-22H2,1-5H3. The molecule has 1 aromatic rings. The fourth-order valence-corrected chi connectivity index (χ4v) is 10.3. The number of hydrogen-bond acceptors (Lipinski definition) is 3. The van der Waals surface area contributed by atoms with Crippen LogP contribution in [-0.4, -0.2) is 18.2 Å². The second-order valence-electron chi connectivity index (χ2n) is 15.0. The molecule has 0 bridgehead atoms. The molecular formula is C36H52O3. The maximum absolute atomic E-state index is 12.5. The Kier molecular flexibility index (Phi) is 7.53. The van der Waals surface area contributed by atoms with Crippen molar-refractivity contribution in [2.75, 3.05) is 0 Å². The van der Waals surface area contributed by atoms with Gasteiger partial charge in [0.15, 0.2) is 0 Å². The van der Waals surface area contributed by atoms with Gasteiger partial charge in [-0.2, -0.15) is 0 Å². The van der Waals surface area contributed by atoms with Crippen LogP contribution in [0.3, 0.4) is 0 Å². The average Bonchev–Trinajstić information content (AvgIpc) is 3.28. The van der Waals surface area contributed by atoms with Crippen molar-refractivity contribution in [1.29, 1.82) is 0 Å². The Labute approximate surface area is 237 Å². The van der Waals surface area contributed by atoms with Crippen molar-refractivity contribution in [3.8, 4) is 0 Å². The molecule has 10 atom stereocenters. The summed E-state index contributed by atoms with van der Waals surface area (Å²) < 4.78 is 12.5. The molecular weight excluding hydrogens is 480 g/mol. The van der Waals surface area contributed by atoms with E-state index in [9.17, 15) is 4.79 Å².